The largest absolute Gasteiger partial charge is 0.493 e. The minimum absolute atomic E-state index is 0.545. The molecule has 2 aromatic rings. The smallest absolute Gasteiger partial charge is 0.127 e. The Morgan fingerprint density at radius 2 is 1.79 bits per heavy atom. The highest BCUT2D eigenvalue weighted by Crippen LogP contribution is 2.30. The summed E-state index contributed by atoms with van der Waals surface area (Å²) >= 11 is 0. The Morgan fingerprint density at radius 3 is 2.50 bits per heavy atom. The monoisotopic (exact) mass is 186 g/mol. The van der Waals surface area contributed by atoms with Crippen LogP contribution in [0.25, 0.3) is 10.8 Å². The molecule has 0 amide bonds. The first-order valence-electron chi connectivity index (χ1n) is 4.69. The van der Waals surface area contributed by atoms with Crippen LogP contribution in [0.1, 0.15) is 6.92 Å². The van der Waals surface area contributed by atoms with Gasteiger partial charge in [0.25, 0.3) is 0 Å². The molecule has 0 saturated heterocycles. The Labute approximate surface area is 83.3 Å². The topological polar surface area (TPSA) is 33.0 Å². The highest BCUT2D eigenvalue weighted by Gasteiger charge is 2.03. The summed E-state index contributed by atoms with van der Waals surface area (Å²) in [6, 6.07) is 11.5. The fraction of sp³-hybridized carbons (Fsp3) is 0.167. The minimum atomic E-state index is 0.545. The molecular weight excluding hydrogens is 174 g/mol. The van der Waals surface area contributed by atoms with Gasteiger partial charge in [0.05, 0.1) is 12.3 Å². The maximum absolute atomic E-state index is 7.74. The maximum Gasteiger partial charge on any atom is 0.127 e. The van der Waals surface area contributed by atoms with Gasteiger partial charge in [-0.05, 0) is 19.1 Å². The van der Waals surface area contributed by atoms with Gasteiger partial charge in [-0.3, -0.25) is 0 Å². The quantitative estimate of drug-likeness (QED) is 0.709. The maximum atomic E-state index is 7.74. The fourth-order valence-corrected chi connectivity index (χ4v) is 1.55. The van der Waals surface area contributed by atoms with Gasteiger partial charge in [-0.2, -0.15) is 0 Å². The van der Waals surface area contributed by atoms with Crippen molar-refractivity contribution in [3.63, 3.8) is 0 Å². The molecule has 71 valence electrons. The van der Waals surface area contributed by atoms with E-state index in [1.165, 1.54) is 0 Å². The summed E-state index contributed by atoms with van der Waals surface area (Å²) < 4.78 is 5.49. The standard InChI is InChI=1S/C12H12NO/c1-2-14-12-8-7-11(13)9-5-3-4-6-10(9)12/h3-8,13H,2H2,1H3. The molecule has 0 unspecified atom stereocenters. The van der Waals surface area contributed by atoms with Gasteiger partial charge in [-0.25, -0.2) is 0 Å². The molecule has 0 aromatic heterocycles. The zero-order valence-electron chi connectivity index (χ0n) is 8.08. The number of hydrogen-bond acceptors (Lipinski definition) is 1. The SMILES string of the molecule is CCOc1ccc([NH])c2ccccc12. The molecule has 2 rings (SSSR count). The van der Waals surface area contributed by atoms with Crippen LogP contribution in [-0.4, -0.2) is 6.61 Å². The first-order valence-corrected chi connectivity index (χ1v) is 4.69. The molecule has 2 heteroatoms. The number of rotatable bonds is 2. The summed E-state index contributed by atoms with van der Waals surface area (Å²) in [6.45, 7) is 2.62. The van der Waals surface area contributed by atoms with Crippen LogP contribution in [0.15, 0.2) is 36.4 Å². The Bertz CT molecular complexity index is 451. The second-order valence-corrected chi connectivity index (χ2v) is 3.09. The normalized spacial score (nSPS) is 10.4. The zero-order chi connectivity index (χ0) is 9.97. The molecule has 0 aliphatic heterocycles. The Hall–Kier alpha value is -1.70. The number of ether oxygens (including phenoxy) is 1. The van der Waals surface area contributed by atoms with Gasteiger partial charge < -0.3 is 10.5 Å². The van der Waals surface area contributed by atoms with Gasteiger partial charge in [0.2, 0.25) is 0 Å². The molecule has 0 heterocycles. The Kier molecular flexibility index (Phi) is 2.27. The fourth-order valence-electron chi connectivity index (χ4n) is 1.55. The van der Waals surface area contributed by atoms with E-state index >= 15 is 0 Å². The van der Waals surface area contributed by atoms with E-state index in [0.717, 1.165) is 16.5 Å². The van der Waals surface area contributed by atoms with Crippen molar-refractivity contribution in [2.75, 3.05) is 6.61 Å². The van der Waals surface area contributed by atoms with E-state index in [2.05, 4.69) is 0 Å². The predicted octanol–water partition coefficient (Wildman–Crippen LogP) is 3.15. The third kappa shape index (κ3) is 1.39. The van der Waals surface area contributed by atoms with E-state index in [1.54, 1.807) is 6.07 Å². The van der Waals surface area contributed by atoms with Crippen LogP contribution in [0.2, 0.25) is 0 Å². The summed E-state index contributed by atoms with van der Waals surface area (Å²) in [5.41, 5.74) is 8.28. The molecule has 0 atom stereocenters. The van der Waals surface area contributed by atoms with Gasteiger partial charge in [-0.15, -0.1) is 0 Å². The van der Waals surface area contributed by atoms with Crippen LogP contribution in [0.4, 0.5) is 5.69 Å². The van der Waals surface area contributed by atoms with E-state index in [9.17, 15) is 0 Å². The van der Waals surface area contributed by atoms with E-state index in [0.29, 0.717) is 12.3 Å². The first kappa shape index (κ1) is 8.88. The molecule has 0 aliphatic carbocycles. The Balaban J connectivity index is 2.68. The lowest BCUT2D eigenvalue weighted by molar-refractivity contribution is 0.344. The molecule has 0 fully saturated rings. The van der Waals surface area contributed by atoms with Gasteiger partial charge in [0.15, 0.2) is 0 Å². The summed E-state index contributed by atoms with van der Waals surface area (Å²) in [5.74, 6) is 0.860. The van der Waals surface area contributed by atoms with Crippen LogP contribution in [0.5, 0.6) is 5.75 Å². The van der Waals surface area contributed by atoms with Crippen molar-refractivity contribution in [3.8, 4) is 5.75 Å². The average Bonchev–Trinajstić information content (AvgIpc) is 2.23. The van der Waals surface area contributed by atoms with Crippen molar-refractivity contribution in [3.05, 3.63) is 36.4 Å². The highest BCUT2D eigenvalue weighted by atomic mass is 16.5. The van der Waals surface area contributed by atoms with Gasteiger partial charge in [-0.1, -0.05) is 24.3 Å². The van der Waals surface area contributed by atoms with E-state index in [4.69, 9.17) is 10.5 Å². The lowest BCUT2D eigenvalue weighted by Crippen LogP contribution is -1.92. The zero-order valence-corrected chi connectivity index (χ0v) is 8.08. The molecule has 1 radical (unpaired) electrons. The molecule has 0 bridgehead atoms. The molecular formula is C12H12NO. The summed E-state index contributed by atoms with van der Waals surface area (Å²) in [5, 5.41) is 1.96. The van der Waals surface area contributed by atoms with Crippen molar-refractivity contribution in [2.24, 2.45) is 0 Å². The van der Waals surface area contributed by atoms with Gasteiger partial charge >= 0.3 is 0 Å². The lowest BCUT2D eigenvalue weighted by Gasteiger charge is -2.08. The molecule has 0 spiro atoms. The molecule has 2 nitrogen and oxygen atoms in total. The number of hydrogen-bond donors (Lipinski definition) is 0. The van der Waals surface area contributed by atoms with Gasteiger partial charge in [0, 0.05) is 10.8 Å². The van der Waals surface area contributed by atoms with E-state index in [-0.39, 0.29) is 0 Å². The summed E-state index contributed by atoms with van der Waals surface area (Å²) in [4.78, 5) is 0. The Morgan fingerprint density at radius 1 is 1.07 bits per heavy atom. The molecule has 2 aromatic carbocycles. The van der Waals surface area contributed by atoms with Crippen LogP contribution in [-0.2, 0) is 0 Å². The van der Waals surface area contributed by atoms with Crippen molar-refractivity contribution in [2.45, 2.75) is 6.92 Å². The minimum Gasteiger partial charge on any atom is -0.493 e. The number of benzene rings is 2. The number of nitrogens with one attached hydrogen (secondary N) is 1. The van der Waals surface area contributed by atoms with E-state index in [1.807, 2.05) is 37.3 Å². The highest BCUT2D eigenvalue weighted by molar-refractivity contribution is 5.96. The van der Waals surface area contributed by atoms with E-state index < -0.39 is 0 Å². The van der Waals surface area contributed by atoms with Crippen LogP contribution in [0, 0.1) is 0 Å². The van der Waals surface area contributed by atoms with Crippen molar-refractivity contribution < 1.29 is 4.74 Å². The first-order chi connectivity index (χ1) is 6.83. The number of fused-ring (bicyclic) bond motifs is 1. The van der Waals surface area contributed by atoms with Crippen LogP contribution in [0.3, 0.4) is 0 Å². The molecule has 1 N–H and O–H groups in total. The molecule has 0 aliphatic rings. The third-order valence-corrected chi connectivity index (χ3v) is 2.18. The lowest BCUT2D eigenvalue weighted by atomic mass is 10.1. The van der Waals surface area contributed by atoms with Crippen LogP contribution < -0.4 is 10.5 Å². The van der Waals surface area contributed by atoms with Crippen LogP contribution >= 0.6 is 0 Å². The predicted molar refractivity (Wildman–Crippen MR) is 57.9 cm³/mol. The second-order valence-electron chi connectivity index (χ2n) is 3.09. The average molecular weight is 186 g/mol. The molecule has 0 saturated carbocycles. The van der Waals surface area contributed by atoms with Crippen molar-refractivity contribution in [1.82, 2.24) is 5.73 Å². The van der Waals surface area contributed by atoms with Crippen molar-refractivity contribution in [1.29, 1.82) is 0 Å². The third-order valence-electron chi connectivity index (χ3n) is 2.18. The second kappa shape index (κ2) is 3.58. The van der Waals surface area contributed by atoms with Gasteiger partial charge in [0.1, 0.15) is 5.75 Å². The summed E-state index contributed by atoms with van der Waals surface area (Å²) in [6.07, 6.45) is 0. The molecule has 14 heavy (non-hydrogen) atoms. The van der Waals surface area contributed by atoms with Crippen molar-refractivity contribution >= 4 is 16.5 Å². The summed E-state index contributed by atoms with van der Waals surface area (Å²) in [7, 11) is 0.